The first kappa shape index (κ1) is 21.5. The van der Waals surface area contributed by atoms with E-state index in [2.05, 4.69) is 19.1 Å². The number of allylic oxidation sites excluding steroid dienone is 2. The molecule has 0 amide bonds. The summed E-state index contributed by atoms with van der Waals surface area (Å²) in [4.78, 5) is 10.2. The molecular weight excluding hydrogens is 248 g/mol. The minimum Gasteiger partial charge on any atom is -0.550 e. The van der Waals surface area contributed by atoms with Crippen molar-refractivity contribution >= 4 is 5.97 Å². The number of hydrogen-bond donors (Lipinski definition) is 0. The molecule has 0 aliphatic carbocycles. The molecule has 106 valence electrons. The van der Waals surface area contributed by atoms with Crippen LogP contribution < -0.4 is 34.7 Å². The van der Waals surface area contributed by atoms with Crippen molar-refractivity contribution in [1.29, 1.82) is 0 Å². The molecule has 0 saturated carbocycles. The van der Waals surface area contributed by atoms with Crippen LogP contribution in [-0.2, 0) is 4.79 Å². The van der Waals surface area contributed by atoms with Crippen molar-refractivity contribution in [1.82, 2.24) is 0 Å². The molecule has 3 heteroatoms. The third-order valence-corrected chi connectivity index (χ3v) is 3.14. The molecule has 0 fully saturated rings. The quantitative estimate of drug-likeness (QED) is 0.218. The first-order valence-electron chi connectivity index (χ1n) is 7.62. The zero-order valence-electron chi connectivity index (χ0n) is 13.0. The molecule has 0 heterocycles. The number of carboxylic acid groups (broad SMARTS) is 1. The molecule has 0 spiro atoms. The van der Waals surface area contributed by atoms with Gasteiger partial charge >= 0.3 is 29.6 Å². The Morgan fingerprint density at radius 3 is 1.84 bits per heavy atom. The van der Waals surface area contributed by atoms with Gasteiger partial charge in [0.05, 0.1) is 0 Å². The third kappa shape index (κ3) is 20.7. The van der Waals surface area contributed by atoms with Crippen LogP contribution in [0.1, 0.15) is 84.0 Å². The van der Waals surface area contributed by atoms with E-state index in [1.54, 1.807) is 0 Å². The summed E-state index contributed by atoms with van der Waals surface area (Å²) in [5.74, 6) is -0.916. The molecule has 0 rings (SSSR count). The van der Waals surface area contributed by atoms with Gasteiger partial charge in [-0.05, 0) is 38.5 Å². The van der Waals surface area contributed by atoms with Crippen LogP contribution in [0.5, 0.6) is 0 Å². The van der Waals surface area contributed by atoms with E-state index < -0.39 is 5.97 Å². The summed E-state index contributed by atoms with van der Waals surface area (Å²) < 4.78 is 0. The molecule has 0 aliphatic heterocycles. The molecular formula is C16H29NaO2. The Hall–Kier alpha value is 0.210. The molecule has 0 N–H and O–H groups in total. The molecule has 0 saturated heterocycles. The number of hydrogen-bond acceptors (Lipinski definition) is 2. The van der Waals surface area contributed by atoms with Gasteiger partial charge in [0.25, 0.3) is 0 Å². The van der Waals surface area contributed by atoms with E-state index in [1.807, 2.05) is 0 Å². The van der Waals surface area contributed by atoms with Crippen LogP contribution in [0.4, 0.5) is 0 Å². The molecule has 0 unspecified atom stereocenters. The van der Waals surface area contributed by atoms with Crippen LogP contribution in [-0.4, -0.2) is 5.97 Å². The summed E-state index contributed by atoms with van der Waals surface area (Å²) in [6, 6.07) is 0. The van der Waals surface area contributed by atoms with Gasteiger partial charge in [-0.1, -0.05) is 57.6 Å². The first-order valence-corrected chi connectivity index (χ1v) is 7.62. The summed E-state index contributed by atoms with van der Waals surface area (Å²) in [7, 11) is 0. The van der Waals surface area contributed by atoms with Crippen LogP contribution in [0.2, 0.25) is 0 Å². The maximum Gasteiger partial charge on any atom is 1.00 e. The molecule has 0 aromatic carbocycles. The molecule has 2 nitrogen and oxygen atoms in total. The molecule has 0 radical (unpaired) electrons. The van der Waals surface area contributed by atoms with Gasteiger partial charge in [0.2, 0.25) is 0 Å². The molecule has 19 heavy (non-hydrogen) atoms. The van der Waals surface area contributed by atoms with Crippen LogP contribution in [0, 0.1) is 0 Å². The fourth-order valence-electron chi connectivity index (χ4n) is 1.99. The van der Waals surface area contributed by atoms with E-state index in [1.165, 1.54) is 51.4 Å². The fourth-order valence-corrected chi connectivity index (χ4v) is 1.99. The van der Waals surface area contributed by atoms with Crippen molar-refractivity contribution in [2.45, 2.75) is 84.0 Å². The predicted octanol–water partition coefficient (Wildman–Crippen LogP) is 0.998. The summed E-state index contributed by atoms with van der Waals surface area (Å²) in [5, 5.41) is 10.2. The Morgan fingerprint density at radius 2 is 1.32 bits per heavy atom. The minimum absolute atomic E-state index is 0. The zero-order chi connectivity index (χ0) is 13.5. The van der Waals surface area contributed by atoms with E-state index >= 15 is 0 Å². The number of carboxylic acids is 1. The standard InChI is InChI=1S/C16H30O2.Na/c1-2-3-4-5-6-7-8-9-10-11-12-13-14-15-16(17)18;/h7-8H,2-6,9-15H2,1H3,(H,17,18);/q;+1/p-1/b8-7-;/i16+1;. The van der Waals surface area contributed by atoms with Crippen molar-refractivity contribution in [3.8, 4) is 0 Å². The van der Waals surface area contributed by atoms with Gasteiger partial charge in [0, 0.05) is 5.97 Å². The second-order valence-corrected chi connectivity index (χ2v) is 5.00. The number of carbonyl (C=O) groups is 1. The van der Waals surface area contributed by atoms with Gasteiger partial charge in [-0.2, -0.15) is 0 Å². The Kier molecular flexibility index (Phi) is 20.6. The van der Waals surface area contributed by atoms with E-state index in [0.717, 1.165) is 19.3 Å². The van der Waals surface area contributed by atoms with Gasteiger partial charge in [0.1, 0.15) is 0 Å². The van der Waals surface area contributed by atoms with Crippen LogP contribution >= 0.6 is 0 Å². The van der Waals surface area contributed by atoms with Crippen LogP contribution in [0.3, 0.4) is 0 Å². The monoisotopic (exact) mass is 277 g/mol. The van der Waals surface area contributed by atoms with E-state index in [9.17, 15) is 9.90 Å². The molecule has 0 atom stereocenters. The number of carbonyl (C=O) groups excluding carboxylic acids is 1. The smallest absolute Gasteiger partial charge is 0.550 e. The number of aliphatic carboxylic acids is 1. The second kappa shape index (κ2) is 18.2. The molecule has 0 aliphatic rings. The summed E-state index contributed by atoms with van der Waals surface area (Å²) in [6.45, 7) is 2.24. The third-order valence-electron chi connectivity index (χ3n) is 3.14. The van der Waals surface area contributed by atoms with Gasteiger partial charge in [0.15, 0.2) is 0 Å². The average Bonchev–Trinajstić information content (AvgIpc) is 2.34. The maximum absolute atomic E-state index is 10.2. The topological polar surface area (TPSA) is 40.1 Å². The van der Waals surface area contributed by atoms with Gasteiger partial charge in [-0.25, -0.2) is 0 Å². The first-order chi connectivity index (χ1) is 8.77. The zero-order valence-corrected chi connectivity index (χ0v) is 15.0. The van der Waals surface area contributed by atoms with Gasteiger partial charge < -0.3 is 9.90 Å². The molecule has 0 aromatic rings. The van der Waals surface area contributed by atoms with Gasteiger partial charge in [-0.3, -0.25) is 0 Å². The Balaban J connectivity index is 0. The Labute approximate surface area is 141 Å². The van der Waals surface area contributed by atoms with Crippen molar-refractivity contribution < 1.29 is 39.5 Å². The Bertz CT molecular complexity index is 215. The van der Waals surface area contributed by atoms with E-state index in [4.69, 9.17) is 0 Å². The number of unbranched alkanes of at least 4 members (excludes halogenated alkanes) is 9. The molecule has 0 aromatic heterocycles. The van der Waals surface area contributed by atoms with Crippen molar-refractivity contribution in [2.24, 2.45) is 0 Å². The van der Waals surface area contributed by atoms with Crippen molar-refractivity contribution in [3.05, 3.63) is 12.2 Å². The molecule has 0 bridgehead atoms. The summed E-state index contributed by atoms with van der Waals surface area (Å²) >= 11 is 0. The fraction of sp³-hybridized carbons (Fsp3) is 0.812. The minimum atomic E-state index is -0.916. The second-order valence-electron chi connectivity index (χ2n) is 5.00. The largest absolute Gasteiger partial charge is 1.00 e. The van der Waals surface area contributed by atoms with Gasteiger partial charge in [-0.15, -0.1) is 0 Å². The predicted molar refractivity (Wildman–Crippen MR) is 75.2 cm³/mol. The maximum atomic E-state index is 10.2. The van der Waals surface area contributed by atoms with Crippen LogP contribution in [0.15, 0.2) is 12.2 Å². The Morgan fingerprint density at radius 1 is 0.842 bits per heavy atom. The summed E-state index contributed by atoms with van der Waals surface area (Å²) in [6.07, 6.45) is 18.0. The van der Waals surface area contributed by atoms with Crippen molar-refractivity contribution in [2.75, 3.05) is 0 Å². The van der Waals surface area contributed by atoms with Crippen LogP contribution in [0.25, 0.3) is 0 Å². The number of rotatable bonds is 13. The van der Waals surface area contributed by atoms with E-state index in [-0.39, 0.29) is 36.0 Å². The average molecular weight is 277 g/mol. The SMILES string of the molecule is CCCCCC/C=C\CCCCCCC[13C](=O)[O-].[Na+]. The summed E-state index contributed by atoms with van der Waals surface area (Å²) in [5.41, 5.74) is 0. The van der Waals surface area contributed by atoms with E-state index in [0.29, 0.717) is 0 Å². The van der Waals surface area contributed by atoms with Crippen molar-refractivity contribution in [3.63, 3.8) is 0 Å². The normalized spacial score (nSPS) is 10.6.